The Morgan fingerprint density at radius 3 is 2.82 bits per heavy atom. The van der Waals surface area contributed by atoms with E-state index in [-0.39, 0.29) is 0 Å². The van der Waals surface area contributed by atoms with E-state index < -0.39 is 0 Å². The molecule has 0 unspecified atom stereocenters. The van der Waals surface area contributed by atoms with Gasteiger partial charge in [0.25, 0.3) is 0 Å². The lowest BCUT2D eigenvalue weighted by molar-refractivity contribution is 0.297. The Hall–Kier alpha value is -2.29. The zero-order chi connectivity index (χ0) is 11.5. The highest BCUT2D eigenvalue weighted by Crippen LogP contribution is 2.13. The minimum atomic E-state index is 0.426. The smallest absolute Gasteiger partial charge is 0.146 e. The van der Waals surface area contributed by atoms with E-state index in [9.17, 15) is 0 Å². The number of H-pyrrole nitrogens is 1. The molecule has 0 bridgehead atoms. The summed E-state index contributed by atoms with van der Waals surface area (Å²) in [5.74, 6) is 1.55. The number of nitrogens with one attached hydrogen (secondary N) is 1. The van der Waals surface area contributed by atoms with Gasteiger partial charge >= 0.3 is 0 Å². The molecule has 1 N–H and O–H groups in total. The number of nitrogens with zero attached hydrogens (tertiary/aromatic N) is 1. The van der Waals surface area contributed by atoms with Gasteiger partial charge in [0.15, 0.2) is 0 Å². The summed E-state index contributed by atoms with van der Waals surface area (Å²) >= 11 is 0. The van der Waals surface area contributed by atoms with E-state index in [4.69, 9.17) is 4.74 Å². The van der Waals surface area contributed by atoms with Crippen LogP contribution < -0.4 is 4.74 Å². The van der Waals surface area contributed by atoms with Crippen LogP contribution in [0.2, 0.25) is 0 Å². The third-order valence-corrected chi connectivity index (χ3v) is 2.48. The lowest BCUT2D eigenvalue weighted by Gasteiger charge is -2.02. The number of benzene rings is 2. The maximum absolute atomic E-state index is 5.57. The molecule has 3 heteroatoms. The van der Waals surface area contributed by atoms with Crippen molar-refractivity contribution in [2.75, 3.05) is 0 Å². The summed E-state index contributed by atoms with van der Waals surface area (Å²) in [6.45, 7) is 0.426. The van der Waals surface area contributed by atoms with E-state index in [1.807, 2.05) is 48.5 Å². The van der Waals surface area contributed by atoms with E-state index in [1.54, 1.807) is 0 Å². The Balaban J connectivity index is 1.77. The second kappa shape index (κ2) is 4.29. The highest BCUT2D eigenvalue weighted by Gasteiger charge is 2.02. The topological polar surface area (TPSA) is 37.9 Å². The molecule has 1 radical (unpaired) electrons. The number of aromatic nitrogens is 2. The zero-order valence-electron chi connectivity index (χ0n) is 9.18. The quantitative estimate of drug-likeness (QED) is 0.741. The molecule has 1 aromatic heterocycles. The van der Waals surface area contributed by atoms with Crippen LogP contribution in [0, 0.1) is 6.07 Å². The predicted octanol–water partition coefficient (Wildman–Crippen LogP) is 2.94. The van der Waals surface area contributed by atoms with Gasteiger partial charge in [0, 0.05) is 6.07 Å². The minimum Gasteiger partial charge on any atom is -0.485 e. The molecule has 17 heavy (non-hydrogen) atoms. The van der Waals surface area contributed by atoms with Crippen LogP contribution in [0.15, 0.2) is 48.5 Å². The lowest BCUT2D eigenvalue weighted by Crippen LogP contribution is -1.97. The molecule has 3 rings (SSSR count). The molecule has 0 fully saturated rings. The van der Waals surface area contributed by atoms with Crippen LogP contribution in [0.25, 0.3) is 11.0 Å². The molecule has 0 amide bonds. The van der Waals surface area contributed by atoms with Crippen LogP contribution in [0.5, 0.6) is 5.75 Å². The van der Waals surface area contributed by atoms with Gasteiger partial charge < -0.3 is 9.72 Å². The fourth-order valence-corrected chi connectivity index (χ4v) is 1.69. The summed E-state index contributed by atoms with van der Waals surface area (Å²) in [6, 6.07) is 18.5. The van der Waals surface area contributed by atoms with Crippen molar-refractivity contribution in [2.24, 2.45) is 0 Å². The molecular formula is C14H11N2O. The molecule has 0 atom stereocenters. The summed E-state index contributed by atoms with van der Waals surface area (Å²) in [5.41, 5.74) is 1.99. The first-order chi connectivity index (χ1) is 8.42. The molecule has 0 saturated carbocycles. The van der Waals surface area contributed by atoms with Crippen molar-refractivity contribution in [3.05, 3.63) is 60.4 Å². The van der Waals surface area contributed by atoms with Gasteiger partial charge in [0.2, 0.25) is 0 Å². The fraction of sp³-hybridized carbons (Fsp3) is 0.0714. The van der Waals surface area contributed by atoms with Crippen molar-refractivity contribution in [1.82, 2.24) is 9.97 Å². The number of hydrogen-bond donors (Lipinski definition) is 1. The number of fused-ring (bicyclic) bond motifs is 1. The number of ether oxygens (including phenoxy) is 1. The Kier molecular flexibility index (Phi) is 2.50. The average Bonchev–Trinajstić information content (AvgIpc) is 2.80. The van der Waals surface area contributed by atoms with Gasteiger partial charge in [-0.25, -0.2) is 4.98 Å². The van der Waals surface area contributed by atoms with Gasteiger partial charge in [-0.1, -0.05) is 30.3 Å². The van der Waals surface area contributed by atoms with Gasteiger partial charge in [-0.3, -0.25) is 0 Å². The molecule has 0 aliphatic heterocycles. The minimum absolute atomic E-state index is 0.426. The summed E-state index contributed by atoms with van der Waals surface area (Å²) in [4.78, 5) is 7.65. The third-order valence-electron chi connectivity index (χ3n) is 2.48. The zero-order valence-corrected chi connectivity index (χ0v) is 9.18. The van der Waals surface area contributed by atoms with Gasteiger partial charge in [-0.05, 0) is 18.2 Å². The third kappa shape index (κ3) is 2.13. The van der Waals surface area contributed by atoms with E-state index in [0.717, 1.165) is 22.6 Å². The molecule has 0 saturated heterocycles. The molecule has 1 heterocycles. The first-order valence-corrected chi connectivity index (χ1v) is 5.45. The molecule has 0 spiro atoms. The van der Waals surface area contributed by atoms with Crippen LogP contribution in [0.1, 0.15) is 5.82 Å². The molecule has 0 aliphatic carbocycles. The number of hydrogen-bond acceptors (Lipinski definition) is 2. The Bertz CT molecular complexity index is 583. The highest BCUT2D eigenvalue weighted by atomic mass is 16.5. The maximum Gasteiger partial charge on any atom is 0.146 e. The van der Waals surface area contributed by atoms with Crippen LogP contribution >= 0.6 is 0 Å². The summed E-state index contributed by atoms with van der Waals surface area (Å²) in [5, 5.41) is 0. The number of rotatable bonds is 3. The standard InChI is InChI=1S/C14H11N2O/c1-2-6-11(7-3-1)17-10-14-15-12-8-4-5-9-13(12)16-14/h1-6,8-9H,10H2,(H,15,16). The molecule has 0 aliphatic rings. The molecule has 2 aromatic carbocycles. The van der Waals surface area contributed by atoms with Crippen molar-refractivity contribution in [1.29, 1.82) is 0 Å². The van der Waals surface area contributed by atoms with Crippen LogP contribution in [0.4, 0.5) is 0 Å². The SMILES string of the molecule is [c]1ccccc1OCc1nc2ccccc2[nH]1. The predicted molar refractivity (Wildman–Crippen MR) is 65.7 cm³/mol. The van der Waals surface area contributed by atoms with E-state index in [2.05, 4.69) is 16.0 Å². The summed E-state index contributed by atoms with van der Waals surface area (Å²) in [6.07, 6.45) is 0. The van der Waals surface area contributed by atoms with Crippen LogP contribution in [-0.2, 0) is 6.61 Å². The molecule has 3 aromatic rings. The summed E-state index contributed by atoms with van der Waals surface area (Å²) in [7, 11) is 0. The Morgan fingerprint density at radius 2 is 2.00 bits per heavy atom. The first kappa shape index (κ1) is 9.90. The van der Waals surface area contributed by atoms with Crippen molar-refractivity contribution < 1.29 is 4.74 Å². The molecular weight excluding hydrogens is 212 g/mol. The number of imidazole rings is 1. The van der Waals surface area contributed by atoms with Crippen LogP contribution in [-0.4, -0.2) is 9.97 Å². The normalized spacial score (nSPS) is 10.6. The molecule has 83 valence electrons. The molecule has 3 nitrogen and oxygen atoms in total. The van der Waals surface area contributed by atoms with Gasteiger partial charge in [0.1, 0.15) is 18.2 Å². The lowest BCUT2D eigenvalue weighted by atomic mass is 10.3. The van der Waals surface area contributed by atoms with E-state index in [0.29, 0.717) is 6.61 Å². The van der Waals surface area contributed by atoms with Crippen molar-refractivity contribution >= 4 is 11.0 Å². The largest absolute Gasteiger partial charge is 0.485 e. The maximum atomic E-state index is 5.57. The van der Waals surface area contributed by atoms with Crippen molar-refractivity contribution in [3.8, 4) is 5.75 Å². The van der Waals surface area contributed by atoms with Crippen molar-refractivity contribution in [3.63, 3.8) is 0 Å². The number of para-hydroxylation sites is 3. The van der Waals surface area contributed by atoms with Gasteiger partial charge in [0.05, 0.1) is 11.0 Å². The fourth-order valence-electron chi connectivity index (χ4n) is 1.69. The van der Waals surface area contributed by atoms with Gasteiger partial charge in [-0.2, -0.15) is 0 Å². The van der Waals surface area contributed by atoms with Gasteiger partial charge in [-0.15, -0.1) is 0 Å². The van der Waals surface area contributed by atoms with Crippen LogP contribution in [0.3, 0.4) is 0 Å². The second-order valence-corrected chi connectivity index (χ2v) is 3.72. The van der Waals surface area contributed by atoms with E-state index in [1.165, 1.54) is 0 Å². The second-order valence-electron chi connectivity index (χ2n) is 3.72. The highest BCUT2D eigenvalue weighted by molar-refractivity contribution is 5.74. The average molecular weight is 223 g/mol. The van der Waals surface area contributed by atoms with E-state index >= 15 is 0 Å². The summed E-state index contributed by atoms with van der Waals surface area (Å²) < 4.78 is 5.57. The first-order valence-electron chi connectivity index (χ1n) is 5.45. The monoisotopic (exact) mass is 223 g/mol. The van der Waals surface area contributed by atoms with Crippen molar-refractivity contribution in [2.45, 2.75) is 6.61 Å². The number of aromatic amines is 1. The Morgan fingerprint density at radius 1 is 1.12 bits per heavy atom. The Labute approximate surface area is 99.1 Å².